The molecule has 2 amide bonds. The highest BCUT2D eigenvalue weighted by Gasteiger charge is 2.64. The van der Waals surface area contributed by atoms with Crippen molar-refractivity contribution < 1.29 is 19.1 Å². The van der Waals surface area contributed by atoms with Crippen molar-refractivity contribution in [1.82, 2.24) is 14.8 Å². The summed E-state index contributed by atoms with van der Waals surface area (Å²) in [4.78, 5) is 28.1. The van der Waals surface area contributed by atoms with Gasteiger partial charge in [-0.05, 0) is 47.9 Å². The minimum Gasteiger partial charge on any atom is -0.457 e. The number of nitrogens with zero attached hydrogens (tertiary/aromatic N) is 3. The van der Waals surface area contributed by atoms with Crippen molar-refractivity contribution in [3.05, 3.63) is 72.7 Å². The van der Waals surface area contributed by atoms with Crippen LogP contribution in [0.15, 0.2) is 67.1 Å². The van der Waals surface area contributed by atoms with Crippen LogP contribution in [-0.2, 0) is 14.3 Å². The number of carbonyl (C=O) groups is 2. The van der Waals surface area contributed by atoms with Crippen molar-refractivity contribution >= 4 is 22.7 Å². The quantitative estimate of drug-likeness (QED) is 0.400. The predicted molar refractivity (Wildman–Crippen MR) is 128 cm³/mol. The molecule has 1 saturated carbocycles. The molecule has 0 bridgehead atoms. The van der Waals surface area contributed by atoms with Gasteiger partial charge < -0.3 is 20.9 Å². The highest BCUT2D eigenvalue weighted by molar-refractivity contribution is 6.08. The van der Waals surface area contributed by atoms with Gasteiger partial charge in [0, 0.05) is 29.3 Å². The summed E-state index contributed by atoms with van der Waals surface area (Å²) in [6.45, 7) is 1.39. The summed E-state index contributed by atoms with van der Waals surface area (Å²) in [6.07, 6.45) is 5.93. The van der Waals surface area contributed by atoms with Crippen LogP contribution in [0.4, 0.5) is 0 Å². The molecule has 2 fully saturated rings. The number of benzene rings is 2. The molecule has 9 nitrogen and oxygen atoms in total. The zero-order chi connectivity index (χ0) is 24.2. The summed E-state index contributed by atoms with van der Waals surface area (Å²) in [5.41, 5.74) is 13.3. The third-order valence-electron chi connectivity index (χ3n) is 6.98. The van der Waals surface area contributed by atoms with Gasteiger partial charge in [-0.2, -0.15) is 5.10 Å². The number of hydrogen-bond acceptors (Lipinski definition) is 6. The van der Waals surface area contributed by atoms with Gasteiger partial charge in [0.2, 0.25) is 11.8 Å². The van der Waals surface area contributed by atoms with Gasteiger partial charge in [-0.25, -0.2) is 0 Å². The van der Waals surface area contributed by atoms with Crippen molar-refractivity contribution in [3.63, 3.8) is 0 Å². The van der Waals surface area contributed by atoms with Crippen LogP contribution in [0.1, 0.15) is 23.9 Å². The third kappa shape index (κ3) is 3.52. The third-order valence-corrected chi connectivity index (χ3v) is 6.98. The first-order chi connectivity index (χ1) is 17.0. The van der Waals surface area contributed by atoms with Crippen LogP contribution in [0, 0.1) is 5.41 Å². The molecule has 4 aromatic rings. The Morgan fingerprint density at radius 1 is 1.03 bits per heavy atom. The van der Waals surface area contributed by atoms with Crippen molar-refractivity contribution in [2.75, 3.05) is 13.2 Å². The molecule has 9 heteroatoms. The van der Waals surface area contributed by atoms with E-state index in [4.69, 9.17) is 20.9 Å². The van der Waals surface area contributed by atoms with E-state index in [1.54, 1.807) is 18.3 Å². The molecule has 176 valence electrons. The van der Waals surface area contributed by atoms with Crippen molar-refractivity contribution in [1.29, 1.82) is 0 Å². The fraction of sp³-hybridized carbons (Fsp3) is 0.231. The Labute approximate surface area is 200 Å². The number of ether oxygens (including phenoxy) is 2. The maximum atomic E-state index is 11.8. The van der Waals surface area contributed by atoms with Crippen LogP contribution in [0.5, 0.6) is 11.5 Å². The van der Waals surface area contributed by atoms with E-state index < -0.39 is 17.2 Å². The van der Waals surface area contributed by atoms with E-state index in [1.165, 1.54) is 0 Å². The van der Waals surface area contributed by atoms with Gasteiger partial charge >= 0.3 is 0 Å². The predicted octanol–water partition coefficient (Wildman–Crippen LogP) is 2.91. The number of primary amides is 2. The van der Waals surface area contributed by atoms with Gasteiger partial charge in [0.05, 0.1) is 31.0 Å². The van der Waals surface area contributed by atoms with Crippen LogP contribution in [0.25, 0.3) is 22.0 Å². The second-order valence-corrected chi connectivity index (χ2v) is 9.07. The van der Waals surface area contributed by atoms with Gasteiger partial charge in [-0.1, -0.05) is 18.2 Å². The van der Waals surface area contributed by atoms with Crippen LogP contribution in [-0.4, -0.2) is 39.8 Å². The molecule has 1 aliphatic carbocycles. The van der Waals surface area contributed by atoms with Gasteiger partial charge in [0.1, 0.15) is 16.9 Å². The number of nitrogens with two attached hydrogens (primary N) is 2. The average Bonchev–Trinajstić information content (AvgIpc) is 3.43. The number of fused-ring (bicyclic) bond motifs is 1. The number of pyridine rings is 1. The van der Waals surface area contributed by atoms with Gasteiger partial charge in [-0.15, -0.1) is 0 Å². The Hall–Kier alpha value is -4.24. The van der Waals surface area contributed by atoms with E-state index in [-0.39, 0.29) is 5.92 Å². The highest BCUT2D eigenvalue weighted by atomic mass is 16.5. The molecule has 2 aromatic carbocycles. The zero-order valence-corrected chi connectivity index (χ0v) is 18.8. The second kappa shape index (κ2) is 7.92. The van der Waals surface area contributed by atoms with Crippen LogP contribution >= 0.6 is 0 Å². The number of aromatic nitrogens is 3. The lowest BCUT2D eigenvalue weighted by atomic mass is 9.97. The lowest BCUT2D eigenvalue weighted by Crippen LogP contribution is -2.38. The number of carbonyl (C=O) groups excluding carboxylic acids is 2. The smallest absolute Gasteiger partial charge is 0.233 e. The second-order valence-electron chi connectivity index (χ2n) is 9.07. The lowest BCUT2D eigenvalue weighted by molar-refractivity contribution is -0.133. The molecule has 1 atom stereocenters. The van der Waals surface area contributed by atoms with Crippen LogP contribution in [0.3, 0.4) is 0 Å². The molecular formula is C26H23N5O4. The first kappa shape index (κ1) is 21.3. The fourth-order valence-electron chi connectivity index (χ4n) is 4.68. The van der Waals surface area contributed by atoms with Crippen molar-refractivity contribution in [2.24, 2.45) is 16.9 Å². The Morgan fingerprint density at radius 3 is 2.46 bits per heavy atom. The molecule has 2 aliphatic rings. The zero-order valence-electron chi connectivity index (χ0n) is 18.8. The first-order valence-electron chi connectivity index (χ1n) is 11.3. The fourth-order valence-corrected chi connectivity index (χ4v) is 4.68. The molecule has 1 saturated heterocycles. The number of amides is 2. The SMILES string of the molecule is NC(=O)C1(C(N)=O)CC1c1ccc(Oc2ccnc3cc(-c4cnn(C5COC5)c4)ccc23)cc1. The van der Waals surface area contributed by atoms with E-state index in [0.29, 0.717) is 37.2 Å². The van der Waals surface area contributed by atoms with Crippen molar-refractivity contribution in [3.8, 4) is 22.6 Å². The Morgan fingerprint density at radius 2 is 1.80 bits per heavy atom. The summed E-state index contributed by atoms with van der Waals surface area (Å²) in [7, 11) is 0. The Balaban J connectivity index is 1.22. The standard InChI is InChI=1S/C26H23N5O4/c27-24(32)26(25(28)33)10-21(26)15-1-4-19(5-2-15)35-23-7-8-29-22-9-16(3-6-20(22)23)17-11-30-31(12-17)18-13-34-14-18/h1-9,11-12,18,21H,10,13-14H2,(H2,27,32)(H2,28,33). The molecule has 35 heavy (non-hydrogen) atoms. The summed E-state index contributed by atoms with van der Waals surface area (Å²) < 4.78 is 13.3. The van der Waals surface area contributed by atoms with E-state index in [9.17, 15) is 9.59 Å². The molecule has 2 aromatic heterocycles. The average molecular weight is 470 g/mol. The molecular weight excluding hydrogens is 446 g/mol. The van der Waals surface area contributed by atoms with Gasteiger partial charge in [-0.3, -0.25) is 19.3 Å². The summed E-state index contributed by atoms with van der Waals surface area (Å²) in [5.74, 6) is -0.358. The molecule has 3 heterocycles. The van der Waals surface area contributed by atoms with Gasteiger partial charge in [0.15, 0.2) is 0 Å². The number of rotatable bonds is 7. The topological polar surface area (TPSA) is 135 Å². The van der Waals surface area contributed by atoms with Crippen LogP contribution in [0.2, 0.25) is 0 Å². The van der Waals surface area contributed by atoms with Crippen molar-refractivity contribution in [2.45, 2.75) is 18.4 Å². The molecule has 0 radical (unpaired) electrons. The largest absolute Gasteiger partial charge is 0.457 e. The molecule has 1 aliphatic heterocycles. The molecule has 4 N–H and O–H groups in total. The minimum atomic E-state index is -1.29. The molecule has 0 spiro atoms. The molecule has 1 unspecified atom stereocenters. The maximum Gasteiger partial charge on any atom is 0.233 e. The summed E-state index contributed by atoms with van der Waals surface area (Å²) in [6, 6.07) is 15.4. The van der Waals surface area contributed by atoms with E-state index in [0.717, 1.165) is 27.6 Å². The first-order valence-corrected chi connectivity index (χ1v) is 11.3. The number of hydrogen-bond donors (Lipinski definition) is 2. The van der Waals surface area contributed by atoms with Crippen LogP contribution < -0.4 is 16.2 Å². The molecule has 6 rings (SSSR count). The minimum absolute atomic E-state index is 0.298. The Kier molecular flexibility index (Phi) is 4.82. The normalized spacial score (nSPS) is 18.7. The van der Waals surface area contributed by atoms with E-state index in [1.807, 2.05) is 53.5 Å². The lowest BCUT2D eigenvalue weighted by Gasteiger charge is -2.25. The monoisotopic (exact) mass is 469 g/mol. The highest BCUT2D eigenvalue weighted by Crippen LogP contribution is 2.59. The Bertz CT molecular complexity index is 1440. The summed E-state index contributed by atoms with van der Waals surface area (Å²) >= 11 is 0. The van der Waals surface area contributed by atoms with E-state index in [2.05, 4.69) is 10.1 Å². The summed E-state index contributed by atoms with van der Waals surface area (Å²) in [5, 5.41) is 5.34. The maximum absolute atomic E-state index is 11.8. The van der Waals surface area contributed by atoms with Gasteiger partial charge in [0.25, 0.3) is 0 Å². The van der Waals surface area contributed by atoms with E-state index >= 15 is 0 Å².